The zero-order chi connectivity index (χ0) is 12.4. The lowest BCUT2D eigenvalue weighted by atomic mass is 9.93. The number of piperidine rings is 1. The van der Waals surface area contributed by atoms with Crippen molar-refractivity contribution in [3.05, 3.63) is 29.0 Å². The molecule has 3 nitrogen and oxygen atoms in total. The Kier molecular flexibility index (Phi) is 3.52. The molecule has 96 valence electrons. The summed E-state index contributed by atoms with van der Waals surface area (Å²) < 4.78 is 0. The van der Waals surface area contributed by atoms with Crippen molar-refractivity contribution in [1.29, 1.82) is 0 Å². The van der Waals surface area contributed by atoms with E-state index in [1.54, 1.807) is 0 Å². The molecule has 4 heteroatoms. The second-order valence-electron chi connectivity index (χ2n) is 5.08. The Morgan fingerprint density at radius 2 is 2.11 bits per heavy atom. The summed E-state index contributed by atoms with van der Waals surface area (Å²) in [4.78, 5) is 7.97. The van der Waals surface area contributed by atoms with Crippen molar-refractivity contribution in [3.63, 3.8) is 0 Å². The number of hydrogen-bond acceptors (Lipinski definition) is 2. The van der Waals surface area contributed by atoms with Gasteiger partial charge in [-0.2, -0.15) is 0 Å². The molecular formula is C14H18ClN3. The highest BCUT2D eigenvalue weighted by molar-refractivity contribution is 6.31. The number of rotatable bonds is 3. The van der Waals surface area contributed by atoms with Crippen LogP contribution in [-0.4, -0.2) is 23.1 Å². The molecule has 0 bridgehead atoms. The second kappa shape index (κ2) is 5.29. The van der Waals surface area contributed by atoms with E-state index in [-0.39, 0.29) is 0 Å². The Labute approximate surface area is 112 Å². The highest BCUT2D eigenvalue weighted by Gasteiger charge is 2.13. The van der Waals surface area contributed by atoms with Gasteiger partial charge < -0.3 is 10.3 Å². The molecule has 1 aliphatic heterocycles. The molecule has 0 unspecified atom stereocenters. The molecule has 0 aliphatic carbocycles. The zero-order valence-electron chi connectivity index (χ0n) is 10.4. The molecule has 0 radical (unpaired) electrons. The zero-order valence-corrected chi connectivity index (χ0v) is 11.1. The molecule has 3 rings (SSSR count). The third-order valence-electron chi connectivity index (χ3n) is 3.74. The Morgan fingerprint density at radius 1 is 1.28 bits per heavy atom. The van der Waals surface area contributed by atoms with Gasteiger partial charge in [-0.15, -0.1) is 0 Å². The lowest BCUT2D eigenvalue weighted by Gasteiger charge is -2.21. The number of aryl methyl sites for hydroxylation is 1. The van der Waals surface area contributed by atoms with Crippen molar-refractivity contribution in [2.45, 2.75) is 25.7 Å². The van der Waals surface area contributed by atoms with Gasteiger partial charge in [-0.3, -0.25) is 0 Å². The molecule has 1 fully saturated rings. The highest BCUT2D eigenvalue weighted by Crippen LogP contribution is 2.21. The van der Waals surface area contributed by atoms with Crippen molar-refractivity contribution in [2.24, 2.45) is 5.92 Å². The van der Waals surface area contributed by atoms with E-state index in [1.807, 2.05) is 18.2 Å². The lowest BCUT2D eigenvalue weighted by Crippen LogP contribution is -2.27. The van der Waals surface area contributed by atoms with Crippen LogP contribution in [-0.2, 0) is 6.42 Å². The molecule has 0 saturated carbocycles. The minimum atomic E-state index is 0.760. The van der Waals surface area contributed by atoms with Gasteiger partial charge in [0.1, 0.15) is 5.82 Å². The molecule has 2 aromatic rings. The SMILES string of the molecule is Clc1ccc2nc(CCC3CCNCC3)[nH]c2c1. The van der Waals surface area contributed by atoms with Crippen LogP contribution in [0.5, 0.6) is 0 Å². The number of aromatic amines is 1. The Bertz CT molecular complexity index is 529. The van der Waals surface area contributed by atoms with E-state index in [2.05, 4.69) is 15.3 Å². The number of hydrogen-bond donors (Lipinski definition) is 2. The normalized spacial score (nSPS) is 17.4. The van der Waals surface area contributed by atoms with E-state index < -0.39 is 0 Å². The van der Waals surface area contributed by atoms with Crippen molar-refractivity contribution in [3.8, 4) is 0 Å². The molecule has 2 N–H and O–H groups in total. The first-order chi connectivity index (χ1) is 8.81. The monoisotopic (exact) mass is 263 g/mol. The van der Waals surface area contributed by atoms with Crippen molar-refractivity contribution in [1.82, 2.24) is 15.3 Å². The van der Waals surface area contributed by atoms with Gasteiger partial charge in [0.2, 0.25) is 0 Å². The maximum absolute atomic E-state index is 5.97. The highest BCUT2D eigenvalue weighted by atomic mass is 35.5. The van der Waals surface area contributed by atoms with Gasteiger partial charge in [0, 0.05) is 11.4 Å². The van der Waals surface area contributed by atoms with E-state index >= 15 is 0 Å². The Morgan fingerprint density at radius 3 is 2.94 bits per heavy atom. The van der Waals surface area contributed by atoms with Gasteiger partial charge in [-0.05, 0) is 56.5 Å². The van der Waals surface area contributed by atoms with E-state index in [9.17, 15) is 0 Å². The number of imidazole rings is 1. The molecule has 1 aromatic carbocycles. The van der Waals surface area contributed by atoms with E-state index in [0.29, 0.717) is 0 Å². The topological polar surface area (TPSA) is 40.7 Å². The van der Waals surface area contributed by atoms with Gasteiger partial charge in [0.15, 0.2) is 0 Å². The third kappa shape index (κ3) is 2.68. The number of nitrogens with zero attached hydrogens (tertiary/aromatic N) is 1. The lowest BCUT2D eigenvalue weighted by molar-refractivity contribution is 0.352. The summed E-state index contributed by atoms with van der Waals surface area (Å²) >= 11 is 5.97. The van der Waals surface area contributed by atoms with Crippen LogP contribution >= 0.6 is 11.6 Å². The summed E-state index contributed by atoms with van der Waals surface area (Å²) in [5.41, 5.74) is 2.06. The van der Waals surface area contributed by atoms with Gasteiger partial charge >= 0.3 is 0 Å². The van der Waals surface area contributed by atoms with E-state index in [1.165, 1.54) is 32.4 Å². The van der Waals surface area contributed by atoms with E-state index in [4.69, 9.17) is 11.6 Å². The summed E-state index contributed by atoms with van der Waals surface area (Å²) in [6, 6.07) is 5.81. The number of H-pyrrole nitrogens is 1. The fourth-order valence-corrected chi connectivity index (χ4v) is 2.84. The molecule has 0 amide bonds. The summed E-state index contributed by atoms with van der Waals surface area (Å²) in [6.07, 6.45) is 4.87. The van der Waals surface area contributed by atoms with Gasteiger partial charge in [-0.1, -0.05) is 11.6 Å². The molecule has 18 heavy (non-hydrogen) atoms. The number of aromatic nitrogens is 2. The predicted molar refractivity (Wildman–Crippen MR) is 75.0 cm³/mol. The maximum Gasteiger partial charge on any atom is 0.107 e. The van der Waals surface area contributed by atoms with E-state index in [0.717, 1.165) is 34.2 Å². The van der Waals surface area contributed by atoms with Crippen LogP contribution < -0.4 is 5.32 Å². The smallest absolute Gasteiger partial charge is 0.107 e. The summed E-state index contributed by atoms with van der Waals surface area (Å²) in [5, 5.41) is 4.16. The molecule has 0 spiro atoms. The fourth-order valence-electron chi connectivity index (χ4n) is 2.66. The molecule has 0 atom stereocenters. The number of nitrogens with one attached hydrogen (secondary N) is 2. The van der Waals surface area contributed by atoms with Crippen LogP contribution in [0.2, 0.25) is 5.02 Å². The summed E-state index contributed by atoms with van der Waals surface area (Å²) in [5.74, 6) is 1.94. The van der Waals surface area contributed by atoms with Crippen LogP contribution in [0.3, 0.4) is 0 Å². The van der Waals surface area contributed by atoms with Crippen molar-refractivity contribution >= 4 is 22.6 Å². The number of benzene rings is 1. The maximum atomic E-state index is 5.97. The summed E-state index contributed by atoms with van der Waals surface area (Å²) in [6.45, 7) is 2.33. The Balaban J connectivity index is 1.67. The Hall–Kier alpha value is -1.06. The van der Waals surface area contributed by atoms with Crippen molar-refractivity contribution in [2.75, 3.05) is 13.1 Å². The fraction of sp³-hybridized carbons (Fsp3) is 0.500. The number of fused-ring (bicyclic) bond motifs is 1. The third-order valence-corrected chi connectivity index (χ3v) is 3.98. The van der Waals surface area contributed by atoms with Crippen LogP contribution in [0.4, 0.5) is 0 Å². The van der Waals surface area contributed by atoms with Gasteiger partial charge in [0.05, 0.1) is 11.0 Å². The minimum Gasteiger partial charge on any atom is -0.342 e. The molecule has 1 aliphatic rings. The number of halogens is 1. The first-order valence-corrected chi connectivity index (χ1v) is 7.04. The first-order valence-electron chi connectivity index (χ1n) is 6.66. The molecule has 2 heterocycles. The minimum absolute atomic E-state index is 0.760. The molecule has 1 saturated heterocycles. The average Bonchev–Trinajstić information content (AvgIpc) is 2.79. The van der Waals surface area contributed by atoms with Crippen LogP contribution in [0.15, 0.2) is 18.2 Å². The standard InChI is InChI=1S/C14H18ClN3/c15-11-2-3-12-13(9-11)18-14(17-12)4-1-10-5-7-16-8-6-10/h2-3,9-10,16H,1,4-8H2,(H,17,18). The quantitative estimate of drug-likeness (QED) is 0.893. The largest absolute Gasteiger partial charge is 0.342 e. The van der Waals surface area contributed by atoms with Crippen LogP contribution in [0, 0.1) is 5.92 Å². The van der Waals surface area contributed by atoms with Gasteiger partial charge in [0.25, 0.3) is 0 Å². The summed E-state index contributed by atoms with van der Waals surface area (Å²) in [7, 11) is 0. The average molecular weight is 264 g/mol. The first kappa shape index (κ1) is 12.0. The van der Waals surface area contributed by atoms with Crippen molar-refractivity contribution < 1.29 is 0 Å². The van der Waals surface area contributed by atoms with Crippen LogP contribution in [0.1, 0.15) is 25.1 Å². The predicted octanol–water partition coefficient (Wildman–Crippen LogP) is 3.15. The van der Waals surface area contributed by atoms with Gasteiger partial charge in [-0.25, -0.2) is 4.98 Å². The van der Waals surface area contributed by atoms with Crippen LogP contribution in [0.25, 0.3) is 11.0 Å². The second-order valence-corrected chi connectivity index (χ2v) is 5.51. The molecule has 1 aromatic heterocycles. The molecular weight excluding hydrogens is 246 g/mol.